The van der Waals surface area contributed by atoms with Crippen molar-refractivity contribution in [1.29, 1.82) is 0 Å². The van der Waals surface area contributed by atoms with Crippen molar-refractivity contribution in [3.05, 3.63) is 0 Å². The molecule has 0 unspecified atom stereocenters. The molecular weight excluding hydrogens is 142 g/mol. The Morgan fingerprint density at radius 3 is 1.00 bits per heavy atom. The maximum absolute atomic E-state index is 0. The molecule has 0 saturated carbocycles. The fourth-order valence-corrected chi connectivity index (χ4v) is 0. The summed E-state index contributed by atoms with van der Waals surface area (Å²) in [4.78, 5) is 0. The Morgan fingerprint density at radius 2 is 1.00 bits per heavy atom. The second-order valence-electron chi connectivity index (χ2n) is 0. The summed E-state index contributed by atoms with van der Waals surface area (Å²) in [5.41, 5.74) is 0. The van der Waals surface area contributed by atoms with Crippen molar-refractivity contribution in [1.82, 2.24) is 0 Å². The zero-order valence-corrected chi connectivity index (χ0v) is 3.54. The van der Waals surface area contributed by atoms with Crippen molar-refractivity contribution in [2.75, 3.05) is 0 Å². The van der Waals surface area contributed by atoms with Crippen molar-refractivity contribution >= 4 is 19.4 Å². The summed E-state index contributed by atoms with van der Waals surface area (Å²) >= 11 is 0. The van der Waals surface area contributed by atoms with Crippen LogP contribution in [0.25, 0.3) is 0 Å². The third-order valence-electron chi connectivity index (χ3n) is 0. The van der Waals surface area contributed by atoms with Crippen LogP contribution >= 0.6 is 0 Å². The number of hydrogen-bond acceptors (Lipinski definition) is 0. The Hall–Kier alpha value is 1.16. The largest absolute Gasteiger partial charge is 0.0776 e. The maximum atomic E-state index is 0. The van der Waals surface area contributed by atoms with Crippen LogP contribution in [-0.2, 0) is 26.2 Å². The fourth-order valence-electron chi connectivity index (χ4n) is 0. The summed E-state index contributed by atoms with van der Waals surface area (Å²) in [6.45, 7) is 0. The van der Waals surface area contributed by atoms with E-state index in [4.69, 9.17) is 0 Å². The third-order valence-corrected chi connectivity index (χ3v) is 0. The normalized spacial score (nSPS) is 0. The van der Waals surface area contributed by atoms with Gasteiger partial charge in [0.2, 0.25) is 0 Å². The van der Waals surface area contributed by atoms with E-state index in [1.165, 1.54) is 0 Å². The van der Waals surface area contributed by atoms with E-state index in [1.54, 1.807) is 0 Å². The summed E-state index contributed by atoms with van der Waals surface area (Å²) < 4.78 is 0. The van der Waals surface area contributed by atoms with E-state index in [2.05, 4.69) is 0 Å². The van der Waals surface area contributed by atoms with E-state index in [0.717, 1.165) is 0 Å². The molecule has 0 atom stereocenters. The van der Waals surface area contributed by atoms with Crippen LogP contribution in [0.1, 0.15) is 7.43 Å². The van der Waals surface area contributed by atoms with E-state index in [9.17, 15) is 0 Å². The molecule has 4 heavy (non-hydrogen) atoms. The van der Waals surface area contributed by atoms with Gasteiger partial charge in [0.15, 0.2) is 0 Å². The molecule has 0 saturated heterocycles. The topological polar surface area (TPSA) is 0 Å². The van der Waals surface area contributed by atoms with E-state index in [1.807, 2.05) is 0 Å². The van der Waals surface area contributed by atoms with Crippen LogP contribution in [0.3, 0.4) is 0 Å². The van der Waals surface area contributed by atoms with Gasteiger partial charge in [0.25, 0.3) is 0 Å². The quantitative estimate of drug-likeness (QED) is 0.381. The first kappa shape index (κ1) is 66.0. The molecule has 3 radical (unpaired) electrons. The summed E-state index contributed by atoms with van der Waals surface area (Å²) in [6, 6.07) is 0. The SMILES string of the molecule is C.[B].[SiH4].[Zr]. The molecule has 0 fully saturated rings. The summed E-state index contributed by atoms with van der Waals surface area (Å²) in [6.07, 6.45) is 0. The van der Waals surface area contributed by atoms with Crippen LogP contribution in [0.2, 0.25) is 0 Å². The van der Waals surface area contributed by atoms with Crippen LogP contribution in [0.4, 0.5) is 0 Å². The molecule has 0 rings (SSSR count). The van der Waals surface area contributed by atoms with Crippen molar-refractivity contribution in [3.63, 3.8) is 0 Å². The molecule has 3 heteroatoms. The summed E-state index contributed by atoms with van der Waals surface area (Å²) in [5.74, 6) is 0. The Bertz CT molecular complexity index is 8.00. The predicted octanol–water partition coefficient (Wildman–Crippen LogP) is -1.20. The monoisotopic (exact) mass is 149 g/mol. The first-order valence-corrected chi connectivity index (χ1v) is 0. The standard InChI is InChI=1S/CH4.B.H4Si.Zr/h1H4;;1H4;. The number of rotatable bonds is 0. The van der Waals surface area contributed by atoms with Gasteiger partial charge < -0.3 is 0 Å². The van der Waals surface area contributed by atoms with Crippen molar-refractivity contribution < 1.29 is 26.2 Å². The Balaban J connectivity index is 0. The van der Waals surface area contributed by atoms with Gasteiger partial charge in [-0.15, -0.1) is 0 Å². The Labute approximate surface area is 53.1 Å². The Kier molecular flexibility index (Phi) is 507. The maximum Gasteiger partial charge on any atom is 0 e. The van der Waals surface area contributed by atoms with E-state index < -0.39 is 0 Å². The molecule has 0 aromatic carbocycles. The van der Waals surface area contributed by atoms with Crippen molar-refractivity contribution in [3.8, 4) is 0 Å². The molecule has 0 aromatic rings. The molecule has 0 N–H and O–H groups in total. The molecular formula is CH8BSiZr. The van der Waals surface area contributed by atoms with E-state index >= 15 is 0 Å². The molecule has 0 bridgehead atoms. The smallest absolute Gasteiger partial charge is 0 e. The van der Waals surface area contributed by atoms with E-state index in [-0.39, 0.29) is 53.0 Å². The molecule has 0 aromatic heterocycles. The average Bonchev–Trinajstić information content (AvgIpc) is 0. The number of hydrogen-bond donors (Lipinski definition) is 0. The van der Waals surface area contributed by atoms with Gasteiger partial charge in [0, 0.05) is 34.6 Å². The zero-order chi connectivity index (χ0) is 0. The van der Waals surface area contributed by atoms with Gasteiger partial charge in [0.05, 0.1) is 0 Å². The first-order valence-electron chi connectivity index (χ1n) is 0. The van der Waals surface area contributed by atoms with Crippen LogP contribution in [-0.4, -0.2) is 19.4 Å². The molecule has 0 aliphatic carbocycles. The van der Waals surface area contributed by atoms with E-state index in [0.29, 0.717) is 0 Å². The first-order chi connectivity index (χ1) is 0. The molecule has 0 nitrogen and oxygen atoms in total. The fraction of sp³-hybridized carbons (Fsp3) is 1.00. The van der Waals surface area contributed by atoms with Crippen LogP contribution in [0.5, 0.6) is 0 Å². The van der Waals surface area contributed by atoms with Crippen LogP contribution in [0, 0.1) is 0 Å². The average molecular weight is 150 g/mol. The van der Waals surface area contributed by atoms with Gasteiger partial charge in [0.1, 0.15) is 0 Å². The zero-order valence-electron chi connectivity index (χ0n) is 1.08. The molecule has 0 aliphatic heterocycles. The van der Waals surface area contributed by atoms with Crippen molar-refractivity contribution in [2.24, 2.45) is 0 Å². The van der Waals surface area contributed by atoms with Gasteiger partial charge in [-0.25, -0.2) is 0 Å². The van der Waals surface area contributed by atoms with Gasteiger partial charge >= 0.3 is 0 Å². The van der Waals surface area contributed by atoms with Gasteiger partial charge in [-0.3, -0.25) is 0 Å². The molecule has 0 heterocycles. The summed E-state index contributed by atoms with van der Waals surface area (Å²) in [5, 5.41) is 0. The molecule has 23 valence electrons. The van der Waals surface area contributed by atoms with Crippen LogP contribution < -0.4 is 0 Å². The minimum absolute atomic E-state index is 0. The minimum atomic E-state index is 0. The minimum Gasteiger partial charge on any atom is -0.0776 e. The third kappa shape index (κ3) is 10.9. The Morgan fingerprint density at radius 1 is 1.00 bits per heavy atom. The van der Waals surface area contributed by atoms with Gasteiger partial charge in [-0.1, -0.05) is 7.43 Å². The van der Waals surface area contributed by atoms with Crippen molar-refractivity contribution in [2.45, 2.75) is 7.43 Å². The summed E-state index contributed by atoms with van der Waals surface area (Å²) in [7, 11) is 0. The molecule has 0 amide bonds. The second-order valence-corrected chi connectivity index (χ2v) is 0. The van der Waals surface area contributed by atoms with Crippen LogP contribution in [0.15, 0.2) is 0 Å². The molecule has 0 spiro atoms. The molecule has 0 aliphatic rings. The predicted molar refractivity (Wildman–Crippen MR) is 23.8 cm³/mol. The van der Waals surface area contributed by atoms with Gasteiger partial charge in [-0.2, -0.15) is 0 Å². The second kappa shape index (κ2) is 30.7. The van der Waals surface area contributed by atoms with Gasteiger partial charge in [-0.05, 0) is 11.0 Å².